The van der Waals surface area contributed by atoms with Crippen LogP contribution in [0.4, 0.5) is 8.78 Å². The smallest absolute Gasteiger partial charge is 0.127 e. The molecule has 0 saturated carbocycles. The zero-order valence-corrected chi connectivity index (χ0v) is 12.8. The molecule has 0 bridgehead atoms. The molecular formula is C16H15BrF2O2. The van der Waals surface area contributed by atoms with Crippen LogP contribution in [0.5, 0.6) is 0 Å². The third kappa shape index (κ3) is 3.48. The normalized spacial score (nSPS) is 11.7. The van der Waals surface area contributed by atoms with Crippen molar-refractivity contribution in [1.82, 2.24) is 0 Å². The minimum absolute atomic E-state index is 0.0720. The molecule has 0 fully saturated rings. The van der Waals surface area contributed by atoms with Crippen molar-refractivity contribution in [2.45, 2.75) is 11.8 Å². The molecule has 0 amide bonds. The van der Waals surface area contributed by atoms with Crippen LogP contribution < -0.4 is 0 Å². The summed E-state index contributed by atoms with van der Waals surface area (Å²) >= 11 is 3.18. The van der Waals surface area contributed by atoms with Crippen LogP contribution in [0.25, 0.3) is 0 Å². The number of benzene rings is 2. The van der Waals surface area contributed by atoms with Crippen LogP contribution in [0.3, 0.4) is 0 Å². The van der Waals surface area contributed by atoms with Gasteiger partial charge in [0.05, 0.1) is 13.2 Å². The summed E-state index contributed by atoms with van der Waals surface area (Å²) in [5, 5.41) is 19.4. The van der Waals surface area contributed by atoms with Crippen molar-refractivity contribution in [3.05, 3.63) is 69.7 Å². The first kappa shape index (κ1) is 16.1. The quantitative estimate of drug-likeness (QED) is 0.863. The van der Waals surface area contributed by atoms with Gasteiger partial charge in [0.1, 0.15) is 11.6 Å². The lowest BCUT2D eigenvalue weighted by molar-refractivity contribution is 0.115. The lowest BCUT2D eigenvalue weighted by atomic mass is 9.76. The monoisotopic (exact) mass is 356 g/mol. The zero-order valence-electron chi connectivity index (χ0n) is 11.2. The lowest BCUT2D eigenvalue weighted by Gasteiger charge is -2.30. The summed E-state index contributed by atoms with van der Waals surface area (Å²) in [5.41, 5.74) is -0.336. The van der Waals surface area contributed by atoms with E-state index in [0.717, 1.165) is 0 Å². The second-order valence-corrected chi connectivity index (χ2v) is 5.94. The third-order valence-corrected chi connectivity index (χ3v) is 4.08. The summed E-state index contributed by atoms with van der Waals surface area (Å²) < 4.78 is 28.0. The molecule has 0 aliphatic carbocycles. The van der Waals surface area contributed by atoms with Gasteiger partial charge in [0.25, 0.3) is 0 Å². The molecule has 112 valence electrons. The molecule has 2 nitrogen and oxygen atoms in total. The van der Waals surface area contributed by atoms with Crippen LogP contribution in [-0.4, -0.2) is 23.4 Å². The maximum atomic E-state index is 14.0. The number of halogens is 3. The molecule has 0 aliphatic rings. The molecule has 21 heavy (non-hydrogen) atoms. The Morgan fingerprint density at radius 1 is 1.00 bits per heavy atom. The van der Waals surface area contributed by atoms with E-state index in [1.165, 1.54) is 24.3 Å². The highest BCUT2D eigenvalue weighted by Crippen LogP contribution is 2.30. The molecule has 0 saturated heterocycles. The zero-order chi connectivity index (χ0) is 15.5. The van der Waals surface area contributed by atoms with Crippen molar-refractivity contribution in [2.24, 2.45) is 0 Å². The fourth-order valence-corrected chi connectivity index (χ4v) is 2.63. The summed E-state index contributed by atoms with van der Waals surface area (Å²) in [6, 6.07) is 10.2. The van der Waals surface area contributed by atoms with E-state index < -0.39 is 30.3 Å². The number of hydrogen-bond donors (Lipinski definition) is 2. The van der Waals surface area contributed by atoms with Gasteiger partial charge in [0, 0.05) is 9.89 Å². The molecular weight excluding hydrogens is 342 g/mol. The molecule has 2 N–H and O–H groups in total. The average molecular weight is 357 g/mol. The highest BCUT2D eigenvalue weighted by Gasteiger charge is 2.32. The van der Waals surface area contributed by atoms with Crippen LogP contribution >= 0.6 is 15.9 Å². The summed E-state index contributed by atoms with van der Waals surface area (Å²) in [5.74, 6) is -0.901. The molecule has 2 rings (SSSR count). The number of hydrogen-bond acceptors (Lipinski definition) is 2. The number of aliphatic hydroxyl groups is 2. The fraction of sp³-hybridized carbons (Fsp3) is 0.250. The van der Waals surface area contributed by atoms with E-state index in [-0.39, 0.29) is 6.42 Å². The number of aliphatic hydroxyl groups excluding tert-OH is 2. The summed E-state index contributed by atoms with van der Waals surface area (Å²) in [4.78, 5) is 0. The van der Waals surface area contributed by atoms with E-state index in [1.807, 2.05) is 0 Å². The minimum Gasteiger partial charge on any atom is -0.395 e. The first-order valence-electron chi connectivity index (χ1n) is 6.42. The maximum Gasteiger partial charge on any atom is 0.127 e. The Labute approximate surface area is 130 Å². The summed E-state index contributed by atoms with van der Waals surface area (Å²) in [6.07, 6.45) is 0.0720. The molecule has 0 heterocycles. The van der Waals surface area contributed by atoms with E-state index in [4.69, 9.17) is 0 Å². The van der Waals surface area contributed by atoms with Gasteiger partial charge in [0.2, 0.25) is 0 Å². The van der Waals surface area contributed by atoms with E-state index in [2.05, 4.69) is 15.9 Å². The van der Waals surface area contributed by atoms with E-state index in [1.54, 1.807) is 18.2 Å². The predicted molar refractivity (Wildman–Crippen MR) is 80.1 cm³/mol. The minimum atomic E-state index is -1.13. The topological polar surface area (TPSA) is 40.5 Å². The van der Waals surface area contributed by atoms with Crippen LogP contribution in [0.2, 0.25) is 0 Å². The molecule has 0 spiro atoms. The largest absolute Gasteiger partial charge is 0.395 e. The van der Waals surface area contributed by atoms with Gasteiger partial charge < -0.3 is 10.2 Å². The predicted octanol–water partition coefficient (Wildman–Crippen LogP) is 3.19. The molecule has 5 heteroatoms. The lowest BCUT2D eigenvalue weighted by Crippen LogP contribution is -2.37. The van der Waals surface area contributed by atoms with Crippen molar-refractivity contribution in [2.75, 3.05) is 13.2 Å². The Balaban J connectivity index is 2.43. The first-order valence-corrected chi connectivity index (χ1v) is 7.22. The molecule has 2 aromatic carbocycles. The summed E-state index contributed by atoms with van der Waals surface area (Å²) in [6.45, 7) is -0.828. The molecule has 0 aliphatic heterocycles. The molecule has 0 radical (unpaired) electrons. The first-order chi connectivity index (χ1) is 10.0. The van der Waals surface area contributed by atoms with Crippen molar-refractivity contribution in [3.63, 3.8) is 0 Å². The Hall–Kier alpha value is -1.30. The van der Waals surface area contributed by atoms with Crippen LogP contribution in [0.1, 0.15) is 11.1 Å². The van der Waals surface area contributed by atoms with Crippen LogP contribution in [0.15, 0.2) is 46.9 Å². The van der Waals surface area contributed by atoms with Crippen molar-refractivity contribution in [3.8, 4) is 0 Å². The van der Waals surface area contributed by atoms with Gasteiger partial charge in [0.15, 0.2) is 0 Å². The highest BCUT2D eigenvalue weighted by molar-refractivity contribution is 9.10. The average Bonchev–Trinajstić information content (AvgIpc) is 2.47. The Morgan fingerprint density at radius 3 is 2.29 bits per heavy atom. The van der Waals surface area contributed by atoms with Crippen LogP contribution in [-0.2, 0) is 11.8 Å². The van der Waals surface area contributed by atoms with Crippen LogP contribution in [0, 0.1) is 11.6 Å². The molecule has 2 aromatic rings. The van der Waals surface area contributed by atoms with E-state index in [9.17, 15) is 19.0 Å². The Bertz CT molecular complexity index is 627. The van der Waals surface area contributed by atoms with E-state index >= 15 is 0 Å². The standard InChI is InChI=1S/C16H15BrF2O2/c17-13-5-4-11(15(19)7-13)8-16(9-20,10-21)12-2-1-3-14(18)6-12/h1-7,20-21H,8-10H2. The van der Waals surface area contributed by atoms with Crippen molar-refractivity contribution in [1.29, 1.82) is 0 Å². The SMILES string of the molecule is OCC(CO)(Cc1ccc(Br)cc1F)c1cccc(F)c1. The third-order valence-electron chi connectivity index (χ3n) is 3.59. The van der Waals surface area contributed by atoms with Gasteiger partial charge in [-0.25, -0.2) is 8.78 Å². The molecule has 0 unspecified atom stereocenters. The van der Waals surface area contributed by atoms with Gasteiger partial charge in [-0.15, -0.1) is 0 Å². The van der Waals surface area contributed by atoms with E-state index in [0.29, 0.717) is 15.6 Å². The van der Waals surface area contributed by atoms with Crippen molar-refractivity contribution >= 4 is 15.9 Å². The van der Waals surface area contributed by atoms with Gasteiger partial charge in [-0.3, -0.25) is 0 Å². The Morgan fingerprint density at radius 2 is 1.71 bits per heavy atom. The second-order valence-electron chi connectivity index (χ2n) is 5.02. The van der Waals surface area contributed by atoms with Crippen molar-refractivity contribution < 1.29 is 19.0 Å². The second kappa shape index (κ2) is 6.64. The molecule has 0 atom stereocenters. The highest BCUT2D eigenvalue weighted by atomic mass is 79.9. The maximum absolute atomic E-state index is 14.0. The van der Waals surface area contributed by atoms with Gasteiger partial charge >= 0.3 is 0 Å². The molecule has 0 aromatic heterocycles. The summed E-state index contributed by atoms with van der Waals surface area (Å²) in [7, 11) is 0. The van der Waals surface area contributed by atoms with Gasteiger partial charge in [-0.05, 0) is 41.8 Å². The Kier molecular flexibility index (Phi) is 5.08. The van der Waals surface area contributed by atoms with Gasteiger partial charge in [-0.1, -0.05) is 34.1 Å². The van der Waals surface area contributed by atoms with Gasteiger partial charge in [-0.2, -0.15) is 0 Å². The fourth-order valence-electron chi connectivity index (χ4n) is 2.29. The number of rotatable bonds is 5.